The third kappa shape index (κ3) is 5.75. The molecule has 1 unspecified atom stereocenters. The standard InChI is InChI=1S/C20H24F3N5O3.C2H6/c1-2-3-13(17(30)28-10-8-19(6-7-19)9-11-28)24-18-27-26-16(31-18)12-4-5-14(20(21,22)23)25-15(12)29;1-2/h4-5,13H,2-3,6-11H2,1H3,(H,24,27)(H,25,29);1-2H3. The molecule has 8 nitrogen and oxygen atoms in total. The van der Waals surface area contributed by atoms with Crippen LogP contribution in [0.3, 0.4) is 0 Å². The fourth-order valence-electron chi connectivity index (χ4n) is 3.99. The molecule has 2 fully saturated rings. The predicted octanol–water partition coefficient (Wildman–Crippen LogP) is 4.45. The SMILES string of the molecule is CC.CCCC(Nc1nnc(-c2ccc(C(F)(F)F)[nH]c2=O)o1)C(=O)N1CCC2(CC1)CC2. The molecular weight excluding hydrogens is 439 g/mol. The summed E-state index contributed by atoms with van der Waals surface area (Å²) < 4.78 is 43.6. The van der Waals surface area contributed by atoms with Gasteiger partial charge in [-0.25, -0.2) is 0 Å². The Hall–Kier alpha value is -2.85. The third-order valence-electron chi connectivity index (χ3n) is 6.14. The van der Waals surface area contributed by atoms with Gasteiger partial charge in [0.1, 0.15) is 17.3 Å². The van der Waals surface area contributed by atoms with Crippen molar-refractivity contribution in [1.29, 1.82) is 0 Å². The average Bonchev–Trinajstić information content (AvgIpc) is 3.38. The number of aromatic amines is 1. The van der Waals surface area contributed by atoms with Crippen molar-refractivity contribution < 1.29 is 22.4 Å². The zero-order valence-corrected chi connectivity index (χ0v) is 19.1. The van der Waals surface area contributed by atoms with E-state index in [1.54, 1.807) is 4.98 Å². The number of alkyl halides is 3. The van der Waals surface area contributed by atoms with Crippen molar-refractivity contribution in [3.8, 4) is 11.5 Å². The fourth-order valence-corrected chi connectivity index (χ4v) is 3.99. The summed E-state index contributed by atoms with van der Waals surface area (Å²) in [5.74, 6) is -0.265. The number of rotatable bonds is 6. The summed E-state index contributed by atoms with van der Waals surface area (Å²) in [6, 6.07) is 1.10. The molecule has 2 aliphatic rings. The van der Waals surface area contributed by atoms with Gasteiger partial charge >= 0.3 is 12.2 Å². The highest BCUT2D eigenvalue weighted by molar-refractivity contribution is 5.84. The summed E-state index contributed by atoms with van der Waals surface area (Å²) in [7, 11) is 0. The lowest BCUT2D eigenvalue weighted by atomic mass is 9.93. The van der Waals surface area contributed by atoms with Crippen molar-refractivity contribution in [2.24, 2.45) is 5.41 Å². The highest BCUT2D eigenvalue weighted by Crippen LogP contribution is 2.53. The maximum absolute atomic E-state index is 13.0. The van der Waals surface area contributed by atoms with Gasteiger partial charge in [0, 0.05) is 13.1 Å². The quantitative estimate of drug-likeness (QED) is 0.648. The van der Waals surface area contributed by atoms with E-state index in [0.717, 1.165) is 44.5 Å². The predicted molar refractivity (Wildman–Crippen MR) is 117 cm³/mol. The average molecular weight is 470 g/mol. The summed E-state index contributed by atoms with van der Waals surface area (Å²) in [5, 5.41) is 10.5. The molecule has 1 saturated heterocycles. The van der Waals surface area contributed by atoms with Gasteiger partial charge in [-0.05, 0) is 49.7 Å². The number of H-pyrrole nitrogens is 1. The van der Waals surface area contributed by atoms with Gasteiger partial charge in [-0.1, -0.05) is 32.3 Å². The lowest BCUT2D eigenvalue weighted by molar-refractivity contribution is -0.141. The number of pyridine rings is 1. The van der Waals surface area contributed by atoms with Crippen LogP contribution in [0.4, 0.5) is 19.2 Å². The fraction of sp³-hybridized carbons (Fsp3) is 0.636. The Morgan fingerprint density at radius 1 is 1.21 bits per heavy atom. The maximum Gasteiger partial charge on any atom is 0.431 e. The van der Waals surface area contributed by atoms with Crippen LogP contribution in [0, 0.1) is 5.41 Å². The topological polar surface area (TPSA) is 104 Å². The van der Waals surface area contributed by atoms with Crippen LogP contribution in [0.25, 0.3) is 11.5 Å². The molecule has 0 bridgehead atoms. The minimum absolute atomic E-state index is 0.0375. The van der Waals surface area contributed by atoms with Gasteiger partial charge in [0.05, 0.1) is 0 Å². The van der Waals surface area contributed by atoms with E-state index < -0.39 is 23.5 Å². The number of hydrogen-bond acceptors (Lipinski definition) is 6. The van der Waals surface area contributed by atoms with E-state index in [1.807, 2.05) is 25.7 Å². The monoisotopic (exact) mass is 469 g/mol. The highest BCUT2D eigenvalue weighted by Gasteiger charge is 2.45. The summed E-state index contributed by atoms with van der Waals surface area (Å²) in [5.41, 5.74) is -1.88. The number of anilines is 1. The Bertz CT molecular complexity index is 1000. The minimum Gasteiger partial charge on any atom is -0.403 e. The Morgan fingerprint density at radius 2 is 1.88 bits per heavy atom. The number of halogens is 3. The van der Waals surface area contributed by atoms with Crippen LogP contribution in [0.2, 0.25) is 0 Å². The number of likely N-dealkylation sites (tertiary alicyclic amines) is 1. The number of amides is 1. The van der Waals surface area contributed by atoms with Gasteiger partial charge in [-0.3, -0.25) is 9.59 Å². The molecule has 1 aliphatic carbocycles. The molecule has 2 aromatic rings. The van der Waals surface area contributed by atoms with Crippen LogP contribution >= 0.6 is 0 Å². The second-order valence-electron chi connectivity index (χ2n) is 8.34. The maximum atomic E-state index is 13.0. The highest BCUT2D eigenvalue weighted by atomic mass is 19.4. The zero-order valence-electron chi connectivity index (χ0n) is 19.1. The first-order valence-electron chi connectivity index (χ1n) is 11.4. The summed E-state index contributed by atoms with van der Waals surface area (Å²) in [4.78, 5) is 28.7. The van der Waals surface area contributed by atoms with Gasteiger partial charge < -0.3 is 19.6 Å². The number of hydrogen-bond donors (Lipinski definition) is 2. The molecular formula is C22H30F3N5O3. The Kier molecular flexibility index (Phi) is 7.48. The molecule has 4 rings (SSSR count). The summed E-state index contributed by atoms with van der Waals surface area (Å²) in [6.07, 6.45) is 1.19. The van der Waals surface area contributed by atoms with Crippen LogP contribution < -0.4 is 10.9 Å². The lowest BCUT2D eigenvalue weighted by Gasteiger charge is -2.34. The molecule has 3 heterocycles. The number of piperidine rings is 1. The zero-order chi connectivity index (χ0) is 24.2. The first-order valence-corrected chi connectivity index (χ1v) is 11.4. The van der Waals surface area contributed by atoms with Gasteiger partial charge in [0.25, 0.3) is 11.4 Å². The molecule has 1 spiro atoms. The number of carbonyl (C=O) groups excluding carboxylic acids is 1. The lowest BCUT2D eigenvalue weighted by Crippen LogP contribution is -2.46. The summed E-state index contributed by atoms with van der Waals surface area (Å²) >= 11 is 0. The van der Waals surface area contributed by atoms with E-state index in [0.29, 0.717) is 11.8 Å². The van der Waals surface area contributed by atoms with Crippen molar-refractivity contribution in [2.75, 3.05) is 18.4 Å². The minimum atomic E-state index is -4.67. The first kappa shape index (κ1) is 24.8. The molecule has 1 aliphatic heterocycles. The number of carbonyl (C=O) groups is 1. The van der Waals surface area contributed by atoms with E-state index in [2.05, 4.69) is 15.5 Å². The smallest absolute Gasteiger partial charge is 0.403 e. The second-order valence-corrected chi connectivity index (χ2v) is 8.34. The molecule has 1 amide bonds. The molecule has 1 atom stereocenters. The van der Waals surface area contributed by atoms with Crippen LogP contribution in [0.15, 0.2) is 21.3 Å². The molecule has 1 saturated carbocycles. The van der Waals surface area contributed by atoms with Crippen molar-refractivity contribution in [1.82, 2.24) is 20.1 Å². The van der Waals surface area contributed by atoms with Crippen LogP contribution in [0.5, 0.6) is 0 Å². The molecule has 2 aromatic heterocycles. The van der Waals surface area contributed by atoms with E-state index in [4.69, 9.17) is 4.42 Å². The van der Waals surface area contributed by atoms with Crippen LogP contribution in [-0.2, 0) is 11.0 Å². The Morgan fingerprint density at radius 3 is 2.42 bits per heavy atom. The van der Waals surface area contributed by atoms with Gasteiger partial charge in [0.15, 0.2) is 0 Å². The van der Waals surface area contributed by atoms with Crippen molar-refractivity contribution in [2.45, 2.75) is 71.5 Å². The van der Waals surface area contributed by atoms with Crippen molar-refractivity contribution in [3.63, 3.8) is 0 Å². The number of nitrogens with zero attached hydrogens (tertiary/aromatic N) is 3. The van der Waals surface area contributed by atoms with Gasteiger partial charge in [-0.2, -0.15) is 13.2 Å². The van der Waals surface area contributed by atoms with Crippen LogP contribution in [0.1, 0.15) is 65.0 Å². The van der Waals surface area contributed by atoms with Crippen LogP contribution in [-0.4, -0.2) is 45.1 Å². The molecule has 182 valence electrons. The molecule has 0 aromatic carbocycles. The molecule has 0 radical (unpaired) electrons. The van der Waals surface area contributed by atoms with Gasteiger partial charge in [0.2, 0.25) is 5.91 Å². The molecule has 33 heavy (non-hydrogen) atoms. The van der Waals surface area contributed by atoms with E-state index in [9.17, 15) is 22.8 Å². The molecule has 2 N–H and O–H groups in total. The normalized spacial score (nSPS) is 17.8. The molecule has 11 heteroatoms. The second kappa shape index (κ2) is 9.96. The summed E-state index contributed by atoms with van der Waals surface area (Å²) in [6.45, 7) is 7.42. The largest absolute Gasteiger partial charge is 0.431 e. The Labute approximate surface area is 190 Å². The third-order valence-corrected chi connectivity index (χ3v) is 6.14. The number of nitrogens with one attached hydrogen (secondary N) is 2. The first-order chi connectivity index (χ1) is 15.7. The van der Waals surface area contributed by atoms with E-state index in [1.165, 1.54) is 12.8 Å². The van der Waals surface area contributed by atoms with E-state index in [-0.39, 0.29) is 23.4 Å². The number of aromatic nitrogens is 3. The van der Waals surface area contributed by atoms with Crippen molar-refractivity contribution in [3.05, 3.63) is 28.2 Å². The van der Waals surface area contributed by atoms with Gasteiger partial charge in [-0.15, -0.1) is 5.10 Å². The van der Waals surface area contributed by atoms with E-state index >= 15 is 0 Å². The Balaban J connectivity index is 0.00000149. The van der Waals surface area contributed by atoms with Crippen molar-refractivity contribution >= 4 is 11.9 Å².